The Kier molecular flexibility index (Phi) is 4.93. The zero-order chi connectivity index (χ0) is 15.4. The number of amides is 1. The summed E-state index contributed by atoms with van der Waals surface area (Å²) in [5.41, 5.74) is 0.856. The molecule has 2 N–H and O–H groups in total. The molecule has 0 aliphatic carbocycles. The predicted molar refractivity (Wildman–Crippen MR) is 79.5 cm³/mol. The van der Waals surface area contributed by atoms with Crippen molar-refractivity contribution in [2.24, 2.45) is 5.92 Å². The smallest absolute Gasteiger partial charge is 0.273 e. The van der Waals surface area contributed by atoms with Gasteiger partial charge in [-0.2, -0.15) is 9.90 Å². The van der Waals surface area contributed by atoms with Crippen molar-refractivity contribution in [3.05, 3.63) is 41.2 Å². The molecule has 0 aliphatic rings. The van der Waals surface area contributed by atoms with E-state index in [2.05, 4.69) is 15.5 Å². The van der Waals surface area contributed by atoms with Gasteiger partial charge in [0.2, 0.25) is 0 Å². The van der Waals surface area contributed by atoms with Gasteiger partial charge in [-0.1, -0.05) is 31.5 Å². The van der Waals surface area contributed by atoms with Gasteiger partial charge in [0.05, 0.1) is 18.0 Å². The van der Waals surface area contributed by atoms with Crippen molar-refractivity contribution in [1.82, 2.24) is 20.3 Å². The topological polar surface area (TPSA) is 80.0 Å². The van der Waals surface area contributed by atoms with Crippen molar-refractivity contribution in [3.63, 3.8) is 0 Å². The van der Waals surface area contributed by atoms with Crippen LogP contribution in [0.1, 0.15) is 24.3 Å². The van der Waals surface area contributed by atoms with Gasteiger partial charge in [-0.15, -0.1) is 5.10 Å². The van der Waals surface area contributed by atoms with Gasteiger partial charge in [0.1, 0.15) is 0 Å². The number of aromatic nitrogens is 3. The summed E-state index contributed by atoms with van der Waals surface area (Å²) >= 11 is 5.90. The predicted octanol–water partition coefficient (Wildman–Crippen LogP) is 1.67. The molecule has 1 atom stereocenters. The SMILES string of the molecule is CC(C)C(O)CNC(=O)c1cnn(-c2cccc(Cl)c2)n1. The molecule has 0 bridgehead atoms. The van der Waals surface area contributed by atoms with Crippen molar-refractivity contribution in [2.75, 3.05) is 6.54 Å². The Bertz CT molecular complexity index is 627. The largest absolute Gasteiger partial charge is 0.391 e. The van der Waals surface area contributed by atoms with Crippen LogP contribution < -0.4 is 5.32 Å². The number of aliphatic hydroxyl groups is 1. The molecule has 0 fully saturated rings. The van der Waals surface area contributed by atoms with Crippen molar-refractivity contribution in [3.8, 4) is 5.69 Å². The third-order valence-electron chi connectivity index (χ3n) is 3.00. The van der Waals surface area contributed by atoms with Crippen LogP contribution in [0.15, 0.2) is 30.5 Å². The highest BCUT2D eigenvalue weighted by Crippen LogP contribution is 2.13. The van der Waals surface area contributed by atoms with E-state index < -0.39 is 6.10 Å². The van der Waals surface area contributed by atoms with Gasteiger partial charge >= 0.3 is 0 Å². The van der Waals surface area contributed by atoms with Crippen LogP contribution in [0, 0.1) is 5.92 Å². The fourth-order valence-electron chi connectivity index (χ4n) is 1.62. The molecule has 0 radical (unpaired) electrons. The van der Waals surface area contributed by atoms with Crippen LogP contribution in [0.5, 0.6) is 0 Å². The number of nitrogens with zero attached hydrogens (tertiary/aromatic N) is 3. The summed E-state index contributed by atoms with van der Waals surface area (Å²) in [6.07, 6.45) is 0.787. The van der Waals surface area contributed by atoms with Gasteiger partial charge in [-0.05, 0) is 24.1 Å². The number of hydrogen-bond acceptors (Lipinski definition) is 4. The lowest BCUT2D eigenvalue weighted by Gasteiger charge is -2.14. The Labute approximate surface area is 127 Å². The maximum atomic E-state index is 11.9. The maximum Gasteiger partial charge on any atom is 0.273 e. The van der Waals surface area contributed by atoms with E-state index in [4.69, 9.17) is 11.6 Å². The molecular weight excluding hydrogens is 292 g/mol. The molecule has 1 amide bonds. The van der Waals surface area contributed by atoms with Gasteiger partial charge in [-0.25, -0.2) is 0 Å². The lowest BCUT2D eigenvalue weighted by Crippen LogP contribution is -2.34. The van der Waals surface area contributed by atoms with Crippen molar-refractivity contribution in [1.29, 1.82) is 0 Å². The van der Waals surface area contributed by atoms with E-state index in [-0.39, 0.29) is 24.1 Å². The van der Waals surface area contributed by atoms with Crippen LogP contribution >= 0.6 is 11.6 Å². The number of hydrogen-bond donors (Lipinski definition) is 2. The van der Waals surface area contributed by atoms with Crippen molar-refractivity contribution < 1.29 is 9.90 Å². The van der Waals surface area contributed by atoms with E-state index in [0.29, 0.717) is 10.7 Å². The van der Waals surface area contributed by atoms with Crippen LogP contribution in [0.2, 0.25) is 5.02 Å². The van der Waals surface area contributed by atoms with Crippen LogP contribution in [0.25, 0.3) is 5.69 Å². The molecule has 0 aliphatic heterocycles. The monoisotopic (exact) mass is 308 g/mol. The van der Waals surface area contributed by atoms with E-state index >= 15 is 0 Å². The van der Waals surface area contributed by atoms with Gasteiger partial charge in [-0.3, -0.25) is 4.79 Å². The molecule has 7 heteroatoms. The molecule has 0 spiro atoms. The minimum absolute atomic E-state index is 0.0763. The summed E-state index contributed by atoms with van der Waals surface area (Å²) in [4.78, 5) is 13.3. The lowest BCUT2D eigenvalue weighted by molar-refractivity contribution is 0.0866. The number of aliphatic hydroxyl groups excluding tert-OH is 1. The molecular formula is C14H17ClN4O2. The highest BCUT2D eigenvalue weighted by Gasteiger charge is 2.14. The number of benzene rings is 1. The Balaban J connectivity index is 2.04. The first-order valence-corrected chi connectivity index (χ1v) is 6.99. The van der Waals surface area contributed by atoms with Crippen molar-refractivity contribution in [2.45, 2.75) is 20.0 Å². The standard InChI is InChI=1S/C14H17ClN4O2/c1-9(2)13(20)8-16-14(21)12-7-17-19(18-12)11-5-3-4-10(15)6-11/h3-7,9,13,20H,8H2,1-2H3,(H,16,21). The summed E-state index contributed by atoms with van der Waals surface area (Å²) in [6.45, 7) is 3.94. The summed E-state index contributed by atoms with van der Waals surface area (Å²) in [5.74, 6) is -0.296. The maximum absolute atomic E-state index is 11.9. The summed E-state index contributed by atoms with van der Waals surface area (Å²) in [6, 6.07) is 7.01. The van der Waals surface area contributed by atoms with E-state index in [1.165, 1.54) is 11.0 Å². The Hall–Kier alpha value is -1.92. The molecule has 21 heavy (non-hydrogen) atoms. The number of rotatable bonds is 5. The average molecular weight is 309 g/mol. The lowest BCUT2D eigenvalue weighted by atomic mass is 10.1. The molecule has 112 valence electrons. The molecule has 1 aromatic heterocycles. The Morgan fingerprint density at radius 3 is 2.90 bits per heavy atom. The third-order valence-corrected chi connectivity index (χ3v) is 3.24. The molecule has 6 nitrogen and oxygen atoms in total. The summed E-state index contributed by atoms with van der Waals surface area (Å²) < 4.78 is 0. The van der Waals surface area contributed by atoms with Crippen LogP contribution in [-0.4, -0.2) is 38.7 Å². The highest BCUT2D eigenvalue weighted by molar-refractivity contribution is 6.30. The Morgan fingerprint density at radius 2 is 2.24 bits per heavy atom. The second-order valence-electron chi connectivity index (χ2n) is 5.02. The first-order valence-electron chi connectivity index (χ1n) is 6.62. The van der Waals surface area contributed by atoms with Crippen LogP contribution in [0.3, 0.4) is 0 Å². The third kappa shape index (κ3) is 4.03. The first-order chi connectivity index (χ1) is 9.97. The molecule has 1 heterocycles. The molecule has 2 rings (SSSR count). The van der Waals surface area contributed by atoms with E-state index in [9.17, 15) is 9.90 Å². The zero-order valence-corrected chi connectivity index (χ0v) is 12.6. The summed E-state index contributed by atoms with van der Waals surface area (Å²) in [5, 5.41) is 21.0. The molecule has 1 unspecified atom stereocenters. The van der Waals surface area contributed by atoms with Crippen molar-refractivity contribution >= 4 is 17.5 Å². The number of carbonyl (C=O) groups is 1. The quantitative estimate of drug-likeness (QED) is 0.880. The van der Waals surface area contributed by atoms with Gasteiger partial charge in [0.25, 0.3) is 5.91 Å². The average Bonchev–Trinajstić information content (AvgIpc) is 2.94. The zero-order valence-electron chi connectivity index (χ0n) is 11.8. The molecule has 2 aromatic rings. The van der Waals surface area contributed by atoms with Gasteiger partial charge in [0.15, 0.2) is 5.69 Å². The minimum atomic E-state index is -0.586. The fraction of sp³-hybridized carbons (Fsp3) is 0.357. The first kappa shape index (κ1) is 15.5. The highest BCUT2D eigenvalue weighted by atomic mass is 35.5. The molecule has 1 aromatic carbocycles. The normalized spacial score (nSPS) is 12.4. The minimum Gasteiger partial charge on any atom is -0.391 e. The Morgan fingerprint density at radius 1 is 1.48 bits per heavy atom. The summed E-state index contributed by atoms with van der Waals surface area (Å²) in [7, 11) is 0. The van der Waals surface area contributed by atoms with Gasteiger partial charge < -0.3 is 10.4 Å². The van der Waals surface area contributed by atoms with E-state index in [0.717, 1.165) is 0 Å². The van der Waals surface area contributed by atoms with Crippen LogP contribution in [0.4, 0.5) is 0 Å². The number of carbonyl (C=O) groups excluding carboxylic acids is 1. The van der Waals surface area contributed by atoms with E-state index in [1.807, 2.05) is 13.8 Å². The van der Waals surface area contributed by atoms with E-state index in [1.54, 1.807) is 24.3 Å². The number of nitrogens with one attached hydrogen (secondary N) is 1. The second-order valence-corrected chi connectivity index (χ2v) is 5.46. The van der Waals surface area contributed by atoms with Gasteiger partial charge in [0, 0.05) is 11.6 Å². The fourth-order valence-corrected chi connectivity index (χ4v) is 1.80. The molecule has 0 saturated carbocycles. The van der Waals surface area contributed by atoms with Crippen LogP contribution in [-0.2, 0) is 0 Å². The molecule has 0 saturated heterocycles. The number of halogens is 1. The second kappa shape index (κ2) is 6.69.